The summed E-state index contributed by atoms with van der Waals surface area (Å²) >= 11 is 0. The quantitative estimate of drug-likeness (QED) is 0.0496. The number of ether oxygens (including phenoxy) is 3. The van der Waals surface area contributed by atoms with Gasteiger partial charge in [0.2, 0.25) is 5.91 Å². The van der Waals surface area contributed by atoms with Crippen molar-refractivity contribution in [3.63, 3.8) is 0 Å². The highest BCUT2D eigenvalue weighted by Gasteiger charge is 2.28. The first-order valence-electron chi connectivity index (χ1n) is 23.2. The first kappa shape index (κ1) is 51.8. The molecule has 0 heterocycles. The summed E-state index contributed by atoms with van der Waals surface area (Å²) in [5.41, 5.74) is 5.87. The van der Waals surface area contributed by atoms with Gasteiger partial charge in [-0.3, -0.25) is 4.79 Å². The zero-order valence-corrected chi connectivity index (χ0v) is 36.1. The number of amides is 1. The van der Waals surface area contributed by atoms with Gasteiger partial charge in [-0.15, -0.1) is 0 Å². The summed E-state index contributed by atoms with van der Waals surface area (Å²) < 4.78 is 18.4. The Balaban J connectivity index is 4.29. The number of carbonyl (C=O) groups is 1. The van der Waals surface area contributed by atoms with Gasteiger partial charge in [0.15, 0.2) is 6.10 Å². The number of nitrogens with zero attached hydrogens (tertiary/aromatic N) is 1. The maximum Gasteiger partial charge on any atom is 0.249 e. The molecule has 0 saturated carbocycles. The lowest BCUT2D eigenvalue weighted by Gasteiger charge is -2.26. The van der Waals surface area contributed by atoms with Gasteiger partial charge in [0.05, 0.1) is 6.61 Å². The van der Waals surface area contributed by atoms with Crippen LogP contribution in [-0.2, 0) is 19.0 Å². The predicted octanol–water partition coefficient (Wildman–Crippen LogP) is 13.1. The van der Waals surface area contributed by atoms with Crippen molar-refractivity contribution in [2.24, 2.45) is 5.73 Å². The van der Waals surface area contributed by atoms with Crippen molar-refractivity contribution in [2.45, 2.75) is 226 Å². The van der Waals surface area contributed by atoms with Crippen LogP contribution in [-0.4, -0.2) is 69.1 Å². The van der Waals surface area contributed by atoms with Crippen molar-refractivity contribution in [1.29, 1.82) is 0 Å². The molecule has 0 bridgehead atoms. The van der Waals surface area contributed by atoms with Crippen LogP contribution in [0.5, 0.6) is 0 Å². The number of primary amides is 1. The van der Waals surface area contributed by atoms with Crippen LogP contribution < -0.4 is 5.73 Å². The molecule has 0 aliphatic heterocycles. The van der Waals surface area contributed by atoms with Crippen LogP contribution in [0.25, 0.3) is 0 Å². The van der Waals surface area contributed by atoms with E-state index in [4.69, 9.17) is 19.9 Å². The molecule has 0 aromatic carbocycles. The van der Waals surface area contributed by atoms with Crippen molar-refractivity contribution in [1.82, 2.24) is 4.90 Å². The Morgan fingerprint density at radius 2 is 0.868 bits per heavy atom. The summed E-state index contributed by atoms with van der Waals surface area (Å²) in [6.07, 6.45) is 44.9. The number of hydrogen-bond donors (Lipinski definition) is 1. The minimum atomic E-state index is -0.768. The fourth-order valence-corrected chi connectivity index (χ4v) is 6.87. The summed E-state index contributed by atoms with van der Waals surface area (Å²) in [7, 11) is 0. The lowest BCUT2D eigenvalue weighted by molar-refractivity contribution is -0.148. The lowest BCUT2D eigenvalue weighted by Crippen LogP contribution is -2.45. The molecule has 6 nitrogen and oxygen atoms in total. The number of hydrogen-bond acceptors (Lipinski definition) is 5. The van der Waals surface area contributed by atoms with Crippen LogP contribution in [0.2, 0.25) is 0 Å². The molecule has 0 aromatic rings. The van der Waals surface area contributed by atoms with Gasteiger partial charge in [-0.2, -0.15) is 0 Å². The number of carbonyl (C=O) groups excluding carboxylic acids is 1. The molecule has 0 aliphatic carbocycles. The van der Waals surface area contributed by atoms with Crippen LogP contribution in [0, 0.1) is 0 Å². The normalized spacial score (nSPS) is 13.2. The molecule has 0 fully saturated rings. The standard InChI is InChI=1S/C47H92N2O4/c1-5-9-11-13-15-17-19-21-23-25-27-29-31-33-35-37-42-52-45(44-51-41-39-40-49(7-3)8-4)46(47(48)50)53-43-38-36-34-32-30-28-26-24-22-20-18-16-14-12-10-6-2/h21-24,45-46H,5-20,25-44H2,1-4H3,(H2,48,50)/b23-21-,24-22-. The summed E-state index contributed by atoms with van der Waals surface area (Å²) in [6.45, 7) is 14.2. The van der Waals surface area contributed by atoms with Gasteiger partial charge in [-0.25, -0.2) is 0 Å². The molecule has 0 rings (SSSR count). The fraction of sp³-hybridized carbons (Fsp3) is 0.894. The third-order valence-corrected chi connectivity index (χ3v) is 10.5. The molecule has 0 radical (unpaired) electrons. The fourth-order valence-electron chi connectivity index (χ4n) is 6.87. The summed E-state index contributed by atoms with van der Waals surface area (Å²) in [5, 5.41) is 0. The SMILES string of the molecule is CCCCCCCC/C=C\CCCCCCCCOC(COCCCN(CC)CC)C(OCCCCCCCC/C=C\CCCCCCCC)C(N)=O. The van der Waals surface area contributed by atoms with Crippen molar-refractivity contribution in [3.05, 3.63) is 24.3 Å². The Labute approximate surface area is 331 Å². The first-order valence-corrected chi connectivity index (χ1v) is 23.2. The molecule has 0 aromatic heterocycles. The zero-order valence-electron chi connectivity index (χ0n) is 36.1. The summed E-state index contributed by atoms with van der Waals surface area (Å²) in [4.78, 5) is 14.9. The molecule has 2 N–H and O–H groups in total. The lowest BCUT2D eigenvalue weighted by atomic mass is 10.1. The third kappa shape index (κ3) is 37.5. The van der Waals surface area contributed by atoms with E-state index in [0.29, 0.717) is 26.4 Å². The van der Waals surface area contributed by atoms with Gasteiger partial charge in [0, 0.05) is 26.4 Å². The van der Waals surface area contributed by atoms with Gasteiger partial charge in [0.25, 0.3) is 0 Å². The maximum absolute atomic E-state index is 12.5. The predicted molar refractivity (Wildman–Crippen MR) is 231 cm³/mol. The van der Waals surface area contributed by atoms with Gasteiger partial charge >= 0.3 is 0 Å². The smallest absolute Gasteiger partial charge is 0.249 e. The second kappa shape index (κ2) is 43.5. The number of rotatable bonds is 44. The molecule has 6 heteroatoms. The second-order valence-electron chi connectivity index (χ2n) is 15.4. The van der Waals surface area contributed by atoms with Crippen LogP contribution in [0.15, 0.2) is 24.3 Å². The molecule has 2 unspecified atom stereocenters. The van der Waals surface area contributed by atoms with E-state index in [1.165, 1.54) is 154 Å². The van der Waals surface area contributed by atoms with E-state index in [1.54, 1.807) is 0 Å². The minimum absolute atomic E-state index is 0.339. The molecule has 2 atom stereocenters. The molecule has 0 saturated heterocycles. The average Bonchev–Trinajstić information content (AvgIpc) is 3.16. The Bertz CT molecular complexity index is 785. The van der Waals surface area contributed by atoms with Crippen molar-refractivity contribution >= 4 is 5.91 Å². The van der Waals surface area contributed by atoms with Crippen LogP contribution >= 0.6 is 0 Å². The van der Waals surface area contributed by atoms with Gasteiger partial charge < -0.3 is 24.8 Å². The number of nitrogens with two attached hydrogens (primary N) is 1. The highest BCUT2D eigenvalue weighted by Crippen LogP contribution is 2.14. The second-order valence-corrected chi connectivity index (χ2v) is 15.4. The Morgan fingerprint density at radius 3 is 1.26 bits per heavy atom. The van der Waals surface area contributed by atoms with Crippen molar-refractivity contribution in [3.8, 4) is 0 Å². The Kier molecular flexibility index (Phi) is 42.5. The molecule has 314 valence electrons. The van der Waals surface area contributed by atoms with Crippen LogP contribution in [0.3, 0.4) is 0 Å². The van der Waals surface area contributed by atoms with Crippen molar-refractivity contribution in [2.75, 3.05) is 46.1 Å². The summed E-state index contributed by atoms with van der Waals surface area (Å²) in [6, 6.07) is 0. The van der Waals surface area contributed by atoms with E-state index < -0.39 is 18.1 Å². The Hall–Kier alpha value is -1.21. The van der Waals surface area contributed by atoms with E-state index in [1.807, 2.05) is 0 Å². The molecular weight excluding hydrogens is 657 g/mol. The molecule has 1 amide bonds. The van der Waals surface area contributed by atoms with Crippen molar-refractivity contribution < 1.29 is 19.0 Å². The van der Waals surface area contributed by atoms with Gasteiger partial charge in [0.1, 0.15) is 6.10 Å². The van der Waals surface area contributed by atoms with E-state index in [9.17, 15) is 4.79 Å². The first-order chi connectivity index (χ1) is 26.1. The van der Waals surface area contributed by atoms with E-state index >= 15 is 0 Å². The topological polar surface area (TPSA) is 74.0 Å². The number of unbranched alkanes of at least 4 members (excludes halogenated alkanes) is 24. The highest BCUT2D eigenvalue weighted by atomic mass is 16.6. The van der Waals surface area contributed by atoms with Crippen LogP contribution in [0.1, 0.15) is 214 Å². The van der Waals surface area contributed by atoms with Gasteiger partial charge in [-0.1, -0.05) is 168 Å². The number of allylic oxidation sites excluding steroid dienone is 4. The maximum atomic E-state index is 12.5. The Morgan fingerprint density at radius 1 is 0.491 bits per heavy atom. The van der Waals surface area contributed by atoms with E-state index in [-0.39, 0.29) is 0 Å². The largest absolute Gasteiger partial charge is 0.379 e. The zero-order chi connectivity index (χ0) is 38.7. The highest BCUT2D eigenvalue weighted by molar-refractivity contribution is 5.79. The summed E-state index contributed by atoms with van der Waals surface area (Å²) in [5.74, 6) is -0.452. The molecule has 0 aliphatic rings. The average molecular weight is 749 g/mol. The monoisotopic (exact) mass is 749 g/mol. The van der Waals surface area contributed by atoms with Gasteiger partial charge in [-0.05, 0) is 83.7 Å². The van der Waals surface area contributed by atoms with E-state index in [0.717, 1.165) is 51.7 Å². The molecule has 0 spiro atoms. The minimum Gasteiger partial charge on any atom is -0.379 e. The van der Waals surface area contributed by atoms with E-state index in [2.05, 4.69) is 56.9 Å². The third-order valence-electron chi connectivity index (χ3n) is 10.5. The van der Waals surface area contributed by atoms with Crippen LogP contribution in [0.4, 0.5) is 0 Å². The molecule has 53 heavy (non-hydrogen) atoms. The molecular formula is C47H92N2O4.